The van der Waals surface area contributed by atoms with Crippen LogP contribution in [0.5, 0.6) is 5.75 Å². The second kappa shape index (κ2) is 9.91. The lowest BCUT2D eigenvalue weighted by Crippen LogP contribution is -2.13. The van der Waals surface area contributed by atoms with Gasteiger partial charge in [0.2, 0.25) is 19.3 Å². The van der Waals surface area contributed by atoms with Crippen LogP contribution in [0.25, 0.3) is 6.08 Å². The summed E-state index contributed by atoms with van der Waals surface area (Å²) in [7, 11) is -3.57. The van der Waals surface area contributed by atoms with E-state index in [1.165, 1.54) is 24.3 Å². The van der Waals surface area contributed by atoms with Crippen molar-refractivity contribution in [1.29, 1.82) is 5.26 Å². The maximum atomic E-state index is 12.4. The Hall–Kier alpha value is -3.59. The summed E-state index contributed by atoms with van der Waals surface area (Å²) >= 11 is 6.87. The monoisotopic (exact) mass is 502 g/mol. The van der Waals surface area contributed by atoms with Crippen LogP contribution in [0.2, 0.25) is 5.02 Å². The van der Waals surface area contributed by atoms with Gasteiger partial charge in [-0.2, -0.15) is 5.26 Å². The van der Waals surface area contributed by atoms with Crippen molar-refractivity contribution < 1.29 is 22.7 Å². The number of aromatic nitrogens is 2. The summed E-state index contributed by atoms with van der Waals surface area (Å²) in [6.07, 6.45) is 2.23. The van der Waals surface area contributed by atoms with E-state index in [0.29, 0.717) is 22.5 Å². The fraction of sp³-hybridized carbons (Fsp3) is 0.0952. The number of aryl methyl sites for hydroxylation is 1. The van der Waals surface area contributed by atoms with E-state index in [9.17, 15) is 23.3 Å². The number of hydrogen-bond donors (Lipinski definition) is 1. The Kier molecular flexibility index (Phi) is 7.23. The molecular weight excluding hydrogens is 488 g/mol. The van der Waals surface area contributed by atoms with Crippen LogP contribution in [0.3, 0.4) is 0 Å². The topological polar surface area (TPSA) is 139 Å². The predicted octanol–water partition coefficient (Wildman–Crippen LogP) is 3.67. The van der Waals surface area contributed by atoms with Gasteiger partial charge in [-0.1, -0.05) is 46.7 Å². The second-order valence-electron chi connectivity index (χ2n) is 6.72. The Morgan fingerprint density at radius 3 is 2.58 bits per heavy atom. The van der Waals surface area contributed by atoms with Crippen LogP contribution in [0, 0.1) is 18.3 Å². The summed E-state index contributed by atoms with van der Waals surface area (Å²) in [6, 6.07) is 13.0. The molecule has 9 nitrogen and oxygen atoms in total. The number of nitrogens with one attached hydrogen (secondary N) is 1. The highest BCUT2D eigenvalue weighted by Crippen LogP contribution is 2.28. The number of nitriles is 1. The molecule has 0 atom stereocenters. The maximum absolute atomic E-state index is 12.4. The van der Waals surface area contributed by atoms with Crippen molar-refractivity contribution in [2.45, 2.75) is 11.3 Å². The second-order valence-corrected chi connectivity index (χ2v) is 10.3. The van der Waals surface area contributed by atoms with Crippen molar-refractivity contribution in [2.75, 3.05) is 11.6 Å². The normalized spacial score (nSPS) is 11.5. The van der Waals surface area contributed by atoms with E-state index in [-0.39, 0.29) is 25.8 Å². The number of sulfone groups is 1. The smallest absolute Gasteiger partial charge is 0.343 e. The van der Waals surface area contributed by atoms with Crippen LogP contribution in [0.15, 0.2) is 52.4 Å². The summed E-state index contributed by atoms with van der Waals surface area (Å²) in [5.74, 6) is -1.27. The van der Waals surface area contributed by atoms with E-state index in [1.807, 2.05) is 13.0 Å². The molecule has 0 radical (unpaired) electrons. The summed E-state index contributed by atoms with van der Waals surface area (Å²) in [4.78, 5) is 24.7. The molecule has 1 N–H and O–H groups in total. The van der Waals surface area contributed by atoms with Gasteiger partial charge in [0.15, 0.2) is 0 Å². The SMILES string of the molecule is Cc1cccc(C(=O)Oc2ccc(/C=C(/C#N)C(=O)Nc3nnc(S(C)(=O)=O)s3)cc2Cl)c1. The lowest BCUT2D eigenvalue weighted by atomic mass is 10.1. The molecule has 0 unspecified atom stereocenters. The molecule has 0 aliphatic carbocycles. The number of halogens is 1. The summed E-state index contributed by atoms with van der Waals surface area (Å²) in [5, 5.41) is 18.8. The molecule has 3 rings (SSSR count). The number of carbonyl (C=O) groups excluding carboxylic acids is 2. The Morgan fingerprint density at radius 1 is 1.21 bits per heavy atom. The lowest BCUT2D eigenvalue weighted by Gasteiger charge is -2.08. The molecule has 0 aliphatic rings. The molecule has 0 bridgehead atoms. The summed E-state index contributed by atoms with van der Waals surface area (Å²) < 4.78 is 28.0. The Morgan fingerprint density at radius 2 is 1.97 bits per heavy atom. The molecule has 12 heteroatoms. The van der Waals surface area contributed by atoms with Crippen molar-refractivity contribution in [3.05, 3.63) is 69.8 Å². The first-order chi connectivity index (χ1) is 15.6. The molecule has 1 aromatic heterocycles. The molecule has 0 aliphatic heterocycles. The standard InChI is InChI=1S/C21H15ClN4O5S2/c1-12-4-3-5-14(8-12)19(28)31-17-7-6-13(10-16(17)22)9-15(11-23)18(27)24-20-25-26-21(32-20)33(2,29)30/h3-10H,1-2H3,(H,24,25,27)/b15-9-. The number of amides is 1. The molecule has 3 aromatic rings. The molecule has 0 saturated heterocycles. The lowest BCUT2D eigenvalue weighted by molar-refractivity contribution is -0.112. The number of hydrogen-bond acceptors (Lipinski definition) is 9. The summed E-state index contributed by atoms with van der Waals surface area (Å²) in [5.41, 5.74) is 1.39. The zero-order valence-electron chi connectivity index (χ0n) is 17.2. The number of ether oxygens (including phenoxy) is 1. The van der Waals surface area contributed by atoms with Gasteiger partial charge < -0.3 is 4.74 Å². The first kappa shape index (κ1) is 24.1. The average molecular weight is 503 g/mol. The van der Waals surface area contributed by atoms with Gasteiger partial charge in [-0.05, 0) is 42.8 Å². The number of benzene rings is 2. The molecule has 1 heterocycles. The fourth-order valence-corrected chi connectivity index (χ4v) is 4.24. The van der Waals surface area contributed by atoms with Gasteiger partial charge in [0, 0.05) is 6.26 Å². The van der Waals surface area contributed by atoms with E-state index >= 15 is 0 Å². The number of esters is 1. The first-order valence-electron chi connectivity index (χ1n) is 9.12. The van der Waals surface area contributed by atoms with Crippen molar-refractivity contribution >= 4 is 55.9 Å². The molecule has 0 fully saturated rings. The van der Waals surface area contributed by atoms with Crippen molar-refractivity contribution in [2.24, 2.45) is 0 Å². The van der Waals surface area contributed by atoms with Crippen LogP contribution in [0.1, 0.15) is 21.5 Å². The van der Waals surface area contributed by atoms with E-state index in [2.05, 4.69) is 15.5 Å². The third kappa shape index (κ3) is 6.23. The minimum atomic E-state index is -3.57. The largest absolute Gasteiger partial charge is 0.421 e. The highest BCUT2D eigenvalue weighted by atomic mass is 35.5. The molecule has 0 saturated carbocycles. The van der Waals surface area contributed by atoms with Gasteiger partial charge in [-0.15, -0.1) is 10.2 Å². The van der Waals surface area contributed by atoms with Gasteiger partial charge in [0.05, 0.1) is 10.6 Å². The number of nitrogens with zero attached hydrogens (tertiary/aromatic N) is 3. The third-order valence-electron chi connectivity index (χ3n) is 4.03. The quantitative estimate of drug-likeness (QED) is 0.177. The van der Waals surface area contributed by atoms with Gasteiger partial charge >= 0.3 is 5.97 Å². The third-order valence-corrected chi connectivity index (χ3v) is 6.84. The van der Waals surface area contributed by atoms with Crippen LogP contribution < -0.4 is 10.1 Å². The highest BCUT2D eigenvalue weighted by molar-refractivity contribution is 7.92. The number of rotatable bonds is 6. The zero-order chi connectivity index (χ0) is 24.2. The fourth-order valence-electron chi connectivity index (χ4n) is 2.51. The average Bonchev–Trinajstić information content (AvgIpc) is 3.22. The molecule has 0 spiro atoms. The van der Waals surface area contributed by atoms with Crippen molar-refractivity contribution in [1.82, 2.24) is 10.2 Å². The number of carbonyl (C=O) groups is 2. The minimum absolute atomic E-state index is 0.0713. The van der Waals surface area contributed by atoms with Gasteiger partial charge in [0.1, 0.15) is 17.4 Å². The minimum Gasteiger partial charge on any atom is -0.421 e. The maximum Gasteiger partial charge on any atom is 0.343 e. The van der Waals surface area contributed by atoms with Crippen LogP contribution in [-0.4, -0.2) is 36.7 Å². The highest BCUT2D eigenvalue weighted by Gasteiger charge is 2.18. The van der Waals surface area contributed by atoms with Gasteiger partial charge in [-0.3, -0.25) is 10.1 Å². The van der Waals surface area contributed by atoms with Gasteiger partial charge in [0.25, 0.3) is 5.91 Å². The van der Waals surface area contributed by atoms with Crippen LogP contribution in [-0.2, 0) is 14.6 Å². The van der Waals surface area contributed by atoms with Crippen LogP contribution >= 0.6 is 22.9 Å². The molecule has 2 aromatic carbocycles. The Bertz CT molecular complexity index is 1420. The Balaban J connectivity index is 1.75. The van der Waals surface area contributed by atoms with Crippen molar-refractivity contribution in [3.63, 3.8) is 0 Å². The number of anilines is 1. The van der Waals surface area contributed by atoms with E-state index in [4.69, 9.17) is 16.3 Å². The first-order valence-corrected chi connectivity index (χ1v) is 12.2. The van der Waals surface area contributed by atoms with Gasteiger partial charge in [-0.25, -0.2) is 13.2 Å². The summed E-state index contributed by atoms with van der Waals surface area (Å²) in [6.45, 7) is 1.85. The van der Waals surface area contributed by atoms with E-state index in [0.717, 1.165) is 11.8 Å². The molecule has 1 amide bonds. The predicted molar refractivity (Wildman–Crippen MR) is 123 cm³/mol. The molecule has 33 heavy (non-hydrogen) atoms. The zero-order valence-corrected chi connectivity index (χ0v) is 19.6. The van der Waals surface area contributed by atoms with E-state index < -0.39 is 21.7 Å². The molecular formula is C21H15ClN4O5S2. The molecule has 168 valence electrons. The van der Waals surface area contributed by atoms with Crippen LogP contribution in [0.4, 0.5) is 5.13 Å². The van der Waals surface area contributed by atoms with E-state index in [1.54, 1.807) is 24.3 Å². The Labute approximate surface area is 198 Å². The van der Waals surface area contributed by atoms with Crippen molar-refractivity contribution in [3.8, 4) is 11.8 Å².